The highest BCUT2D eigenvalue weighted by atomic mass is 16.1. The van der Waals surface area contributed by atoms with Crippen molar-refractivity contribution in [2.45, 2.75) is 32.7 Å². The smallest absolute Gasteiger partial charge is 0.253 e. The van der Waals surface area contributed by atoms with E-state index in [0.717, 1.165) is 12.8 Å². The molecule has 0 bridgehead atoms. The summed E-state index contributed by atoms with van der Waals surface area (Å²) in [6.45, 7) is 4.07. The van der Waals surface area contributed by atoms with Crippen LogP contribution >= 0.6 is 0 Å². The van der Waals surface area contributed by atoms with E-state index in [-0.39, 0.29) is 11.9 Å². The summed E-state index contributed by atoms with van der Waals surface area (Å²) in [5.74, 6) is -0.129. The van der Waals surface area contributed by atoms with Gasteiger partial charge in [0.25, 0.3) is 5.91 Å². The zero-order valence-corrected chi connectivity index (χ0v) is 9.16. The van der Waals surface area contributed by atoms with E-state index >= 15 is 0 Å². The van der Waals surface area contributed by atoms with Gasteiger partial charge in [-0.05, 0) is 19.4 Å². The van der Waals surface area contributed by atoms with Gasteiger partial charge in [-0.1, -0.05) is 13.3 Å². The van der Waals surface area contributed by atoms with Gasteiger partial charge in [-0.2, -0.15) is 0 Å². The Morgan fingerprint density at radius 1 is 1.67 bits per heavy atom. The van der Waals surface area contributed by atoms with Crippen LogP contribution in [0.1, 0.15) is 37.0 Å². The molecule has 1 aromatic heterocycles. The molecule has 3 N–H and O–H groups in total. The second-order valence-corrected chi connectivity index (χ2v) is 3.63. The molecule has 4 nitrogen and oxygen atoms in total. The van der Waals surface area contributed by atoms with Gasteiger partial charge in [-0.15, -0.1) is 0 Å². The average Bonchev–Trinajstić information content (AvgIpc) is 2.18. The number of carbonyl (C=O) groups excluding carboxylic acids is 1. The minimum atomic E-state index is -0.129. The largest absolute Gasteiger partial charge is 0.397 e. The molecule has 0 aliphatic carbocycles. The third-order valence-corrected chi connectivity index (χ3v) is 2.20. The predicted octanol–water partition coefficient (Wildman–Crippen LogP) is 1.58. The van der Waals surface area contributed by atoms with Gasteiger partial charge < -0.3 is 11.1 Å². The molecule has 0 aliphatic rings. The van der Waals surface area contributed by atoms with Gasteiger partial charge in [0.05, 0.1) is 17.4 Å². The van der Waals surface area contributed by atoms with Crippen molar-refractivity contribution in [1.29, 1.82) is 0 Å². The lowest BCUT2D eigenvalue weighted by atomic mass is 10.1. The fourth-order valence-corrected chi connectivity index (χ4v) is 1.42. The molecule has 1 rings (SSSR count). The fourth-order valence-electron chi connectivity index (χ4n) is 1.42. The topological polar surface area (TPSA) is 68.0 Å². The molecule has 1 unspecified atom stereocenters. The molecule has 0 aromatic carbocycles. The SMILES string of the molecule is CCCC(C)NC(=O)c1ccncc1N. The van der Waals surface area contributed by atoms with Gasteiger partial charge in [-0.25, -0.2) is 0 Å². The molecule has 82 valence electrons. The highest BCUT2D eigenvalue weighted by molar-refractivity contribution is 5.98. The maximum atomic E-state index is 11.7. The summed E-state index contributed by atoms with van der Waals surface area (Å²) < 4.78 is 0. The minimum Gasteiger partial charge on any atom is -0.397 e. The summed E-state index contributed by atoms with van der Waals surface area (Å²) in [4.78, 5) is 15.6. The number of pyridine rings is 1. The fraction of sp³-hybridized carbons (Fsp3) is 0.455. The van der Waals surface area contributed by atoms with Crippen molar-refractivity contribution in [1.82, 2.24) is 10.3 Å². The molecule has 0 aliphatic heterocycles. The van der Waals surface area contributed by atoms with Crippen molar-refractivity contribution in [2.75, 3.05) is 5.73 Å². The molecule has 0 fully saturated rings. The molecule has 1 atom stereocenters. The number of nitrogens with zero attached hydrogens (tertiary/aromatic N) is 1. The zero-order valence-electron chi connectivity index (χ0n) is 9.16. The Balaban J connectivity index is 2.65. The number of rotatable bonds is 4. The quantitative estimate of drug-likeness (QED) is 0.787. The Morgan fingerprint density at radius 3 is 3.00 bits per heavy atom. The molecular weight excluding hydrogens is 190 g/mol. The standard InChI is InChI=1S/C11H17N3O/c1-3-4-8(2)14-11(15)9-5-6-13-7-10(9)12/h5-8H,3-4,12H2,1-2H3,(H,14,15). The number of nitrogen functional groups attached to an aromatic ring is 1. The Morgan fingerprint density at radius 2 is 2.40 bits per heavy atom. The lowest BCUT2D eigenvalue weighted by Crippen LogP contribution is -2.32. The number of nitrogens with one attached hydrogen (secondary N) is 1. The van der Waals surface area contributed by atoms with Gasteiger partial charge in [-0.3, -0.25) is 9.78 Å². The summed E-state index contributed by atoms with van der Waals surface area (Å²) in [6.07, 6.45) is 5.07. The highest BCUT2D eigenvalue weighted by Crippen LogP contribution is 2.08. The van der Waals surface area contributed by atoms with Crippen molar-refractivity contribution in [3.8, 4) is 0 Å². The first-order valence-corrected chi connectivity index (χ1v) is 5.15. The van der Waals surface area contributed by atoms with E-state index in [1.165, 1.54) is 6.20 Å². The average molecular weight is 207 g/mol. The minimum absolute atomic E-state index is 0.129. The molecular formula is C11H17N3O. The second kappa shape index (κ2) is 5.34. The lowest BCUT2D eigenvalue weighted by molar-refractivity contribution is 0.0939. The van der Waals surface area contributed by atoms with Crippen LogP contribution in [0.15, 0.2) is 18.5 Å². The van der Waals surface area contributed by atoms with E-state index in [4.69, 9.17) is 5.73 Å². The molecule has 15 heavy (non-hydrogen) atoms. The number of amides is 1. The Bertz CT molecular complexity index is 338. The first-order valence-electron chi connectivity index (χ1n) is 5.15. The van der Waals surface area contributed by atoms with Crippen molar-refractivity contribution < 1.29 is 4.79 Å². The summed E-state index contributed by atoms with van der Waals surface area (Å²) in [5.41, 5.74) is 6.56. The number of hydrogen-bond acceptors (Lipinski definition) is 3. The van der Waals surface area contributed by atoms with Crippen LogP contribution in [0.5, 0.6) is 0 Å². The van der Waals surface area contributed by atoms with Crippen molar-refractivity contribution in [3.05, 3.63) is 24.0 Å². The second-order valence-electron chi connectivity index (χ2n) is 3.63. The van der Waals surface area contributed by atoms with Crippen LogP contribution in [-0.4, -0.2) is 16.9 Å². The van der Waals surface area contributed by atoms with E-state index in [1.807, 2.05) is 6.92 Å². The van der Waals surface area contributed by atoms with Gasteiger partial charge in [0.15, 0.2) is 0 Å². The monoisotopic (exact) mass is 207 g/mol. The van der Waals surface area contributed by atoms with E-state index in [9.17, 15) is 4.79 Å². The molecule has 1 heterocycles. The lowest BCUT2D eigenvalue weighted by Gasteiger charge is -2.13. The van der Waals surface area contributed by atoms with Crippen LogP contribution in [0.25, 0.3) is 0 Å². The van der Waals surface area contributed by atoms with Crippen LogP contribution in [0.3, 0.4) is 0 Å². The Hall–Kier alpha value is -1.58. The van der Waals surface area contributed by atoms with Gasteiger partial charge in [0, 0.05) is 12.2 Å². The summed E-state index contributed by atoms with van der Waals surface area (Å²) in [5, 5.41) is 2.89. The van der Waals surface area contributed by atoms with E-state index < -0.39 is 0 Å². The van der Waals surface area contributed by atoms with Crippen LogP contribution in [0.4, 0.5) is 5.69 Å². The maximum Gasteiger partial charge on any atom is 0.253 e. The molecule has 1 aromatic rings. The predicted molar refractivity (Wildman–Crippen MR) is 60.5 cm³/mol. The molecule has 1 amide bonds. The summed E-state index contributed by atoms with van der Waals surface area (Å²) in [6, 6.07) is 1.80. The van der Waals surface area contributed by atoms with Crippen LogP contribution in [-0.2, 0) is 0 Å². The van der Waals surface area contributed by atoms with E-state index in [1.54, 1.807) is 12.3 Å². The number of hydrogen-bond donors (Lipinski definition) is 2. The zero-order chi connectivity index (χ0) is 11.3. The van der Waals surface area contributed by atoms with Crippen molar-refractivity contribution in [3.63, 3.8) is 0 Å². The van der Waals surface area contributed by atoms with Gasteiger partial charge in [0.1, 0.15) is 0 Å². The van der Waals surface area contributed by atoms with E-state index in [0.29, 0.717) is 11.3 Å². The third-order valence-electron chi connectivity index (χ3n) is 2.20. The van der Waals surface area contributed by atoms with E-state index in [2.05, 4.69) is 17.2 Å². The first-order chi connectivity index (χ1) is 7.15. The molecule has 0 saturated heterocycles. The first kappa shape index (κ1) is 11.5. The number of anilines is 1. The van der Waals surface area contributed by atoms with Crippen LogP contribution in [0.2, 0.25) is 0 Å². The molecule has 0 spiro atoms. The van der Waals surface area contributed by atoms with Crippen LogP contribution < -0.4 is 11.1 Å². The van der Waals surface area contributed by atoms with Crippen LogP contribution in [0, 0.1) is 0 Å². The van der Waals surface area contributed by atoms with Crippen molar-refractivity contribution >= 4 is 11.6 Å². The van der Waals surface area contributed by atoms with Gasteiger partial charge in [0.2, 0.25) is 0 Å². The van der Waals surface area contributed by atoms with Crippen molar-refractivity contribution in [2.24, 2.45) is 0 Å². The number of aromatic nitrogens is 1. The highest BCUT2D eigenvalue weighted by Gasteiger charge is 2.11. The summed E-state index contributed by atoms with van der Waals surface area (Å²) in [7, 11) is 0. The Kier molecular flexibility index (Phi) is 4.09. The maximum absolute atomic E-state index is 11.7. The molecule has 0 radical (unpaired) electrons. The molecule has 4 heteroatoms. The van der Waals surface area contributed by atoms with Gasteiger partial charge >= 0.3 is 0 Å². The summed E-state index contributed by atoms with van der Waals surface area (Å²) >= 11 is 0. The number of carbonyl (C=O) groups is 1. The number of nitrogens with two attached hydrogens (primary N) is 1. The third kappa shape index (κ3) is 3.23. The Labute approximate surface area is 89.9 Å². The normalized spacial score (nSPS) is 12.1. The molecule has 0 saturated carbocycles.